The van der Waals surface area contributed by atoms with E-state index >= 15 is 0 Å². The molecule has 0 unspecified atom stereocenters. The lowest BCUT2D eigenvalue weighted by Crippen LogP contribution is -2.21. The Kier molecular flexibility index (Phi) is 5.78. The third kappa shape index (κ3) is 4.25. The maximum Gasteiger partial charge on any atom is 0.437 e. The van der Waals surface area contributed by atoms with Crippen LogP contribution in [-0.4, -0.2) is 33.2 Å². The van der Waals surface area contributed by atoms with Crippen molar-refractivity contribution in [1.82, 2.24) is 14.3 Å². The molecule has 0 N–H and O–H groups in total. The molecule has 8 nitrogen and oxygen atoms in total. The molecule has 33 heavy (non-hydrogen) atoms. The third-order valence-corrected chi connectivity index (χ3v) is 5.27. The van der Waals surface area contributed by atoms with Crippen LogP contribution in [0.4, 0.5) is 4.39 Å². The Balaban J connectivity index is 1.60. The van der Waals surface area contributed by atoms with Crippen molar-refractivity contribution >= 4 is 11.8 Å². The van der Waals surface area contributed by atoms with Crippen molar-refractivity contribution in [2.45, 2.75) is 20.4 Å². The summed E-state index contributed by atoms with van der Waals surface area (Å²) < 4.78 is 25.8. The zero-order valence-corrected chi connectivity index (χ0v) is 18.2. The summed E-state index contributed by atoms with van der Waals surface area (Å²) in [5.74, 6) is -1.96. The number of rotatable bonds is 6. The Labute approximate surface area is 187 Å². The van der Waals surface area contributed by atoms with Crippen LogP contribution in [-0.2, 0) is 11.3 Å². The number of ketones is 1. The normalized spacial score (nSPS) is 10.9. The summed E-state index contributed by atoms with van der Waals surface area (Å²) in [5, 5.41) is 4.07. The molecule has 0 spiro atoms. The van der Waals surface area contributed by atoms with E-state index in [9.17, 15) is 18.8 Å². The van der Waals surface area contributed by atoms with Gasteiger partial charge in [-0.25, -0.2) is 14.0 Å². The largest absolute Gasteiger partial charge is 0.465 e. The van der Waals surface area contributed by atoms with Crippen LogP contribution in [0.1, 0.15) is 32.1 Å². The summed E-state index contributed by atoms with van der Waals surface area (Å²) in [7, 11) is 1.32. The van der Waals surface area contributed by atoms with E-state index in [4.69, 9.17) is 9.15 Å². The molecular formula is C24H20FN3O5. The molecule has 0 saturated heterocycles. The van der Waals surface area contributed by atoms with Crippen molar-refractivity contribution < 1.29 is 23.1 Å². The fourth-order valence-electron chi connectivity index (χ4n) is 3.64. The molecule has 4 rings (SSSR count). The summed E-state index contributed by atoms with van der Waals surface area (Å²) in [6, 6.07) is 13.9. The molecule has 0 aliphatic rings. The minimum Gasteiger partial charge on any atom is -0.465 e. The van der Waals surface area contributed by atoms with Gasteiger partial charge in [0.25, 0.3) is 0 Å². The molecule has 2 aromatic carbocycles. The first-order valence-electron chi connectivity index (χ1n) is 10.0. The molecule has 0 amide bonds. The zero-order valence-electron chi connectivity index (χ0n) is 18.2. The molecule has 2 aromatic heterocycles. The first kappa shape index (κ1) is 21.9. The molecule has 168 valence electrons. The minimum absolute atomic E-state index is 0.00367. The van der Waals surface area contributed by atoms with Crippen molar-refractivity contribution in [2.75, 3.05) is 7.11 Å². The molecule has 0 radical (unpaired) electrons. The van der Waals surface area contributed by atoms with Gasteiger partial charge < -0.3 is 13.7 Å². The number of hydrogen-bond acceptors (Lipinski definition) is 6. The monoisotopic (exact) mass is 449 g/mol. The van der Waals surface area contributed by atoms with Crippen LogP contribution in [0.25, 0.3) is 17.1 Å². The first-order chi connectivity index (χ1) is 15.8. The van der Waals surface area contributed by atoms with Crippen LogP contribution in [0, 0.1) is 19.7 Å². The molecule has 0 fully saturated rings. The van der Waals surface area contributed by atoms with Gasteiger partial charge in [-0.2, -0.15) is 4.68 Å². The van der Waals surface area contributed by atoms with E-state index in [0.29, 0.717) is 22.4 Å². The number of halogens is 1. The average Bonchev–Trinajstić information content (AvgIpc) is 3.32. The third-order valence-electron chi connectivity index (χ3n) is 5.27. The number of Topliss-reactive ketones (excluding diaryl/α,β-unsaturated/α-hetero) is 1. The number of methoxy groups -OCH3 is 1. The maximum absolute atomic E-state index is 13.1. The number of ether oxygens (including phenoxy) is 1. The van der Waals surface area contributed by atoms with Crippen LogP contribution in [0.2, 0.25) is 0 Å². The number of hydrogen-bond donors (Lipinski definition) is 0. The lowest BCUT2D eigenvalue weighted by atomic mass is 10.1. The summed E-state index contributed by atoms with van der Waals surface area (Å²) in [6.45, 7) is 3.34. The minimum atomic E-state index is -0.783. The summed E-state index contributed by atoms with van der Waals surface area (Å²) in [4.78, 5) is 36.9. The second-order valence-electron chi connectivity index (χ2n) is 7.42. The number of benzene rings is 2. The molecule has 0 atom stereocenters. The van der Waals surface area contributed by atoms with Gasteiger partial charge in [0.15, 0.2) is 5.78 Å². The Morgan fingerprint density at radius 3 is 2.36 bits per heavy atom. The Morgan fingerprint density at radius 2 is 1.73 bits per heavy atom. The number of nitrogens with zero attached hydrogens (tertiary/aromatic N) is 3. The highest BCUT2D eigenvalue weighted by atomic mass is 19.1. The predicted octanol–water partition coefficient (Wildman–Crippen LogP) is 3.72. The Bertz CT molecular complexity index is 1400. The lowest BCUT2D eigenvalue weighted by molar-refractivity contribution is 0.0600. The van der Waals surface area contributed by atoms with Crippen LogP contribution in [0.5, 0.6) is 0 Å². The number of aryl methyl sites for hydroxylation is 1. The van der Waals surface area contributed by atoms with Crippen LogP contribution in [0.3, 0.4) is 0 Å². The summed E-state index contributed by atoms with van der Waals surface area (Å²) in [6.07, 6.45) is 0. The van der Waals surface area contributed by atoms with Crippen molar-refractivity contribution in [3.05, 3.63) is 93.5 Å². The van der Waals surface area contributed by atoms with E-state index in [2.05, 4.69) is 5.10 Å². The highest BCUT2D eigenvalue weighted by molar-refractivity contribution is 5.97. The van der Waals surface area contributed by atoms with Crippen LogP contribution >= 0.6 is 0 Å². The molecule has 0 bridgehead atoms. The number of aromatic nitrogens is 3. The number of carbonyl (C=O) groups is 2. The van der Waals surface area contributed by atoms with Gasteiger partial charge in [-0.05, 0) is 68.4 Å². The van der Waals surface area contributed by atoms with Crippen LogP contribution in [0.15, 0.2) is 63.8 Å². The molecule has 9 heteroatoms. The van der Waals surface area contributed by atoms with Crippen LogP contribution < -0.4 is 5.76 Å². The van der Waals surface area contributed by atoms with E-state index in [1.165, 1.54) is 31.4 Å². The van der Waals surface area contributed by atoms with Crippen molar-refractivity contribution in [3.8, 4) is 17.1 Å². The van der Waals surface area contributed by atoms with E-state index in [1.807, 2.05) is 11.5 Å². The Hall–Kier alpha value is -4.27. The van der Waals surface area contributed by atoms with Gasteiger partial charge in [0, 0.05) is 28.2 Å². The second kappa shape index (κ2) is 8.70. The topological polar surface area (TPSA) is 96.3 Å². The molecule has 0 saturated carbocycles. The quantitative estimate of drug-likeness (QED) is 0.329. The average molecular weight is 449 g/mol. The molecular weight excluding hydrogens is 429 g/mol. The van der Waals surface area contributed by atoms with Crippen molar-refractivity contribution in [2.24, 2.45) is 0 Å². The Morgan fingerprint density at radius 1 is 1.06 bits per heavy atom. The fraction of sp³-hybridized carbons (Fsp3) is 0.167. The van der Waals surface area contributed by atoms with E-state index in [0.717, 1.165) is 16.1 Å². The van der Waals surface area contributed by atoms with Gasteiger partial charge in [-0.3, -0.25) is 4.79 Å². The van der Waals surface area contributed by atoms with Gasteiger partial charge in [-0.15, -0.1) is 5.10 Å². The smallest absolute Gasteiger partial charge is 0.437 e. The van der Waals surface area contributed by atoms with Gasteiger partial charge in [0.2, 0.25) is 5.89 Å². The molecule has 0 aliphatic heterocycles. The summed E-state index contributed by atoms with van der Waals surface area (Å²) >= 11 is 0. The van der Waals surface area contributed by atoms with E-state index in [1.54, 1.807) is 37.3 Å². The standard InChI is InChI=1S/C24H20FN3O5/c1-14-12-20(15(2)28(14)19-10-6-17(7-11-19)23(30)32-3)21(29)13-27-24(31)33-22(26-27)16-4-8-18(25)9-5-16/h4-12H,13H2,1-3H3. The number of carbonyl (C=O) groups excluding carboxylic acids is 2. The van der Waals surface area contributed by atoms with Gasteiger partial charge in [0.05, 0.1) is 12.7 Å². The van der Waals surface area contributed by atoms with Gasteiger partial charge in [0.1, 0.15) is 12.4 Å². The van der Waals surface area contributed by atoms with Crippen molar-refractivity contribution in [3.63, 3.8) is 0 Å². The maximum atomic E-state index is 13.1. The van der Waals surface area contributed by atoms with E-state index < -0.39 is 17.5 Å². The lowest BCUT2D eigenvalue weighted by Gasteiger charge is -2.10. The summed E-state index contributed by atoms with van der Waals surface area (Å²) in [5.41, 5.74) is 3.53. The molecule has 0 aliphatic carbocycles. The fourth-order valence-corrected chi connectivity index (χ4v) is 3.64. The highest BCUT2D eigenvalue weighted by Gasteiger charge is 2.20. The first-order valence-corrected chi connectivity index (χ1v) is 10.0. The van der Waals surface area contributed by atoms with Gasteiger partial charge in [-0.1, -0.05) is 0 Å². The van der Waals surface area contributed by atoms with E-state index in [-0.39, 0.29) is 18.2 Å². The zero-order chi connectivity index (χ0) is 23.7. The molecule has 4 aromatic rings. The SMILES string of the molecule is COC(=O)c1ccc(-n2c(C)cc(C(=O)Cn3nc(-c4ccc(F)cc4)oc3=O)c2C)cc1. The van der Waals surface area contributed by atoms with Crippen molar-refractivity contribution in [1.29, 1.82) is 0 Å². The predicted molar refractivity (Wildman–Crippen MR) is 117 cm³/mol. The second-order valence-corrected chi connectivity index (χ2v) is 7.42. The molecule has 2 heterocycles. The number of esters is 1. The van der Waals surface area contributed by atoms with Gasteiger partial charge >= 0.3 is 11.7 Å². The highest BCUT2D eigenvalue weighted by Crippen LogP contribution is 2.22.